The molecule has 1 aromatic carbocycles. The summed E-state index contributed by atoms with van der Waals surface area (Å²) in [5, 5.41) is 4.96. The second kappa shape index (κ2) is 4.74. The van der Waals surface area contributed by atoms with Crippen LogP contribution in [0.5, 0.6) is 0 Å². The van der Waals surface area contributed by atoms with Crippen molar-refractivity contribution in [1.29, 1.82) is 0 Å². The average molecular weight is 267 g/mol. The number of hydrogen-bond acceptors (Lipinski definition) is 3. The van der Waals surface area contributed by atoms with Crippen LogP contribution in [0, 0.1) is 0 Å². The van der Waals surface area contributed by atoms with Gasteiger partial charge in [0, 0.05) is 35.4 Å². The molecule has 3 heteroatoms. The van der Waals surface area contributed by atoms with Crippen molar-refractivity contribution in [2.75, 3.05) is 12.4 Å². The zero-order chi connectivity index (χ0) is 13.5. The van der Waals surface area contributed by atoms with Gasteiger partial charge < -0.3 is 10.2 Å². The molecule has 104 valence electrons. The van der Waals surface area contributed by atoms with Crippen LogP contribution in [0.25, 0.3) is 10.9 Å². The van der Waals surface area contributed by atoms with E-state index in [0.717, 1.165) is 17.6 Å². The van der Waals surface area contributed by atoms with Gasteiger partial charge in [-0.2, -0.15) is 0 Å². The Morgan fingerprint density at radius 1 is 1.15 bits per heavy atom. The molecule has 1 N–H and O–H groups in total. The number of piperidine rings is 1. The lowest BCUT2D eigenvalue weighted by Gasteiger charge is -2.37. The molecule has 0 radical (unpaired) electrons. The maximum absolute atomic E-state index is 4.38. The van der Waals surface area contributed by atoms with Gasteiger partial charge in [-0.05, 0) is 57.0 Å². The Kier molecular flexibility index (Phi) is 2.88. The van der Waals surface area contributed by atoms with Crippen LogP contribution in [0.3, 0.4) is 0 Å². The monoisotopic (exact) mass is 267 g/mol. The molecule has 2 aliphatic rings. The van der Waals surface area contributed by atoms with Crippen LogP contribution in [0.15, 0.2) is 36.5 Å². The zero-order valence-electron chi connectivity index (χ0n) is 11.9. The quantitative estimate of drug-likeness (QED) is 0.905. The van der Waals surface area contributed by atoms with Crippen molar-refractivity contribution in [3.63, 3.8) is 0 Å². The molecule has 1 aromatic heterocycles. The molecule has 0 spiro atoms. The van der Waals surface area contributed by atoms with Crippen LogP contribution in [0.1, 0.15) is 25.7 Å². The number of nitrogens with zero attached hydrogens (tertiary/aromatic N) is 2. The first-order chi connectivity index (χ1) is 9.79. The van der Waals surface area contributed by atoms with E-state index < -0.39 is 0 Å². The Bertz CT molecular complexity index is 610. The predicted octanol–water partition coefficient (Wildman–Crippen LogP) is 3.27. The molecule has 2 aromatic rings. The van der Waals surface area contributed by atoms with E-state index in [1.54, 1.807) is 0 Å². The van der Waals surface area contributed by atoms with Crippen molar-refractivity contribution in [3.8, 4) is 0 Å². The van der Waals surface area contributed by atoms with Gasteiger partial charge in [-0.25, -0.2) is 0 Å². The molecule has 3 heterocycles. The lowest BCUT2D eigenvalue weighted by molar-refractivity contribution is 0.169. The number of benzene rings is 1. The Labute approximate surface area is 120 Å². The highest BCUT2D eigenvalue weighted by Crippen LogP contribution is 2.35. The smallest absolute Gasteiger partial charge is 0.0703 e. The molecule has 2 bridgehead atoms. The van der Waals surface area contributed by atoms with E-state index in [9.17, 15) is 0 Å². The third-order valence-electron chi connectivity index (χ3n) is 5.07. The number of aromatic nitrogens is 1. The van der Waals surface area contributed by atoms with Gasteiger partial charge in [-0.15, -0.1) is 0 Å². The highest BCUT2D eigenvalue weighted by molar-refractivity contribution is 5.82. The normalized spacial score (nSPS) is 29.8. The first-order valence-electron chi connectivity index (χ1n) is 7.63. The number of hydrogen-bond donors (Lipinski definition) is 1. The summed E-state index contributed by atoms with van der Waals surface area (Å²) in [7, 11) is 2.29. The lowest BCUT2D eigenvalue weighted by atomic mass is 9.97. The Morgan fingerprint density at radius 2 is 1.95 bits per heavy atom. The fourth-order valence-electron chi connectivity index (χ4n) is 3.93. The first-order valence-corrected chi connectivity index (χ1v) is 7.63. The molecule has 0 saturated carbocycles. The fraction of sp³-hybridized carbons (Fsp3) is 0.471. The molecule has 2 saturated heterocycles. The van der Waals surface area contributed by atoms with Gasteiger partial charge >= 0.3 is 0 Å². The van der Waals surface area contributed by atoms with E-state index in [-0.39, 0.29) is 0 Å². The number of fused-ring (bicyclic) bond motifs is 3. The summed E-state index contributed by atoms with van der Waals surface area (Å²) in [6.45, 7) is 0. The van der Waals surface area contributed by atoms with Gasteiger partial charge in [-0.3, -0.25) is 4.98 Å². The van der Waals surface area contributed by atoms with E-state index in [4.69, 9.17) is 0 Å². The second-order valence-electron chi connectivity index (χ2n) is 6.27. The van der Waals surface area contributed by atoms with Crippen LogP contribution < -0.4 is 5.32 Å². The van der Waals surface area contributed by atoms with Crippen molar-refractivity contribution in [1.82, 2.24) is 9.88 Å². The van der Waals surface area contributed by atoms with Crippen LogP contribution in [0.2, 0.25) is 0 Å². The summed E-state index contributed by atoms with van der Waals surface area (Å²) >= 11 is 0. The molecular formula is C17H21N3. The average Bonchev–Trinajstić information content (AvgIpc) is 2.70. The minimum Gasteiger partial charge on any atom is -0.382 e. The van der Waals surface area contributed by atoms with Gasteiger partial charge in [0.1, 0.15) is 0 Å². The van der Waals surface area contributed by atoms with Crippen LogP contribution in [-0.4, -0.2) is 35.1 Å². The lowest BCUT2D eigenvalue weighted by Crippen LogP contribution is -2.44. The molecule has 2 aliphatic heterocycles. The number of nitrogens with one attached hydrogen (secondary N) is 1. The third kappa shape index (κ3) is 2.06. The van der Waals surface area contributed by atoms with E-state index in [2.05, 4.69) is 46.5 Å². The highest BCUT2D eigenvalue weighted by atomic mass is 15.2. The van der Waals surface area contributed by atoms with Crippen molar-refractivity contribution < 1.29 is 0 Å². The molecule has 3 nitrogen and oxygen atoms in total. The molecule has 2 fully saturated rings. The summed E-state index contributed by atoms with van der Waals surface area (Å²) < 4.78 is 0. The van der Waals surface area contributed by atoms with E-state index in [1.165, 1.54) is 36.8 Å². The topological polar surface area (TPSA) is 28.2 Å². The summed E-state index contributed by atoms with van der Waals surface area (Å²) in [6.07, 6.45) is 7.15. The minimum absolute atomic E-state index is 0.623. The first kappa shape index (κ1) is 12.2. The minimum atomic E-state index is 0.623. The van der Waals surface area contributed by atoms with E-state index in [1.807, 2.05) is 12.3 Å². The van der Waals surface area contributed by atoms with Gasteiger partial charge in [0.2, 0.25) is 0 Å². The highest BCUT2D eigenvalue weighted by Gasteiger charge is 2.38. The van der Waals surface area contributed by atoms with Crippen molar-refractivity contribution in [3.05, 3.63) is 36.5 Å². The summed E-state index contributed by atoms with van der Waals surface area (Å²) in [5.74, 6) is 0. The van der Waals surface area contributed by atoms with Gasteiger partial charge in [-0.1, -0.05) is 6.07 Å². The van der Waals surface area contributed by atoms with Gasteiger partial charge in [0.25, 0.3) is 0 Å². The van der Waals surface area contributed by atoms with Crippen LogP contribution in [0.4, 0.5) is 5.69 Å². The van der Waals surface area contributed by atoms with Crippen molar-refractivity contribution in [2.24, 2.45) is 0 Å². The molecule has 4 rings (SSSR count). The summed E-state index contributed by atoms with van der Waals surface area (Å²) in [4.78, 5) is 6.96. The van der Waals surface area contributed by atoms with Crippen molar-refractivity contribution in [2.45, 2.75) is 43.8 Å². The van der Waals surface area contributed by atoms with E-state index >= 15 is 0 Å². The Balaban J connectivity index is 1.53. The summed E-state index contributed by atoms with van der Waals surface area (Å²) in [6, 6.07) is 12.8. The molecule has 2 atom stereocenters. The molecule has 20 heavy (non-hydrogen) atoms. The van der Waals surface area contributed by atoms with Crippen molar-refractivity contribution >= 4 is 16.6 Å². The van der Waals surface area contributed by atoms with Gasteiger partial charge in [0.05, 0.1) is 5.52 Å². The second-order valence-corrected chi connectivity index (χ2v) is 6.27. The Morgan fingerprint density at radius 3 is 2.75 bits per heavy atom. The maximum atomic E-state index is 4.38. The standard InChI is InChI=1S/C17H21N3/c1-20-15-5-6-16(20)11-14(10-15)19-13-4-7-17-12(9-13)3-2-8-18-17/h2-4,7-9,14-16,19H,5-6,10-11H2,1H3. The molecule has 2 unspecified atom stereocenters. The predicted molar refractivity (Wildman–Crippen MR) is 83.0 cm³/mol. The number of pyridine rings is 1. The van der Waals surface area contributed by atoms with Crippen LogP contribution in [-0.2, 0) is 0 Å². The fourth-order valence-corrected chi connectivity index (χ4v) is 3.93. The third-order valence-corrected chi connectivity index (χ3v) is 5.07. The Hall–Kier alpha value is -1.61. The largest absolute Gasteiger partial charge is 0.382 e. The zero-order valence-corrected chi connectivity index (χ0v) is 11.9. The maximum Gasteiger partial charge on any atom is 0.0703 e. The molecule has 0 amide bonds. The van der Waals surface area contributed by atoms with Crippen LogP contribution >= 0.6 is 0 Å². The molecule has 0 aliphatic carbocycles. The molecular weight excluding hydrogens is 246 g/mol. The number of anilines is 1. The SMILES string of the molecule is CN1C2CCC1CC(Nc1ccc3ncccc3c1)C2. The van der Waals surface area contributed by atoms with Gasteiger partial charge in [0.15, 0.2) is 0 Å². The summed E-state index contributed by atoms with van der Waals surface area (Å²) in [5.41, 5.74) is 2.31. The van der Waals surface area contributed by atoms with E-state index in [0.29, 0.717) is 6.04 Å². The number of rotatable bonds is 2.